The van der Waals surface area contributed by atoms with Crippen LogP contribution in [0.1, 0.15) is 52.4 Å². The zero-order valence-electron chi connectivity index (χ0n) is 13.8. The molecule has 1 saturated carbocycles. The summed E-state index contributed by atoms with van der Waals surface area (Å²) < 4.78 is 0. The fourth-order valence-electron chi connectivity index (χ4n) is 3.50. The quantitative estimate of drug-likeness (QED) is 0.720. The van der Waals surface area contributed by atoms with Gasteiger partial charge in [0.2, 0.25) is 5.91 Å². The van der Waals surface area contributed by atoms with E-state index in [1.807, 2.05) is 14.1 Å². The maximum atomic E-state index is 12.2. The SMILES string of the molecule is CC(C)C(CNC(=O)CC1(CC(=O)O)CCCC1)N(C)C. The van der Waals surface area contributed by atoms with Gasteiger partial charge in [0.25, 0.3) is 0 Å². The van der Waals surface area contributed by atoms with E-state index >= 15 is 0 Å². The zero-order valence-corrected chi connectivity index (χ0v) is 13.8. The Morgan fingerprint density at radius 3 is 2.19 bits per heavy atom. The van der Waals surface area contributed by atoms with Crippen LogP contribution in [0.5, 0.6) is 0 Å². The molecule has 5 heteroatoms. The summed E-state index contributed by atoms with van der Waals surface area (Å²) in [4.78, 5) is 25.4. The molecule has 2 N–H and O–H groups in total. The van der Waals surface area contributed by atoms with Gasteiger partial charge in [-0.2, -0.15) is 0 Å². The number of likely N-dealkylation sites (N-methyl/N-ethyl adjacent to an activating group) is 1. The molecule has 5 nitrogen and oxygen atoms in total. The Hall–Kier alpha value is -1.10. The van der Waals surface area contributed by atoms with Gasteiger partial charge < -0.3 is 15.3 Å². The molecule has 0 bridgehead atoms. The number of carbonyl (C=O) groups is 2. The molecule has 122 valence electrons. The van der Waals surface area contributed by atoms with E-state index in [0.717, 1.165) is 25.7 Å². The first-order valence-electron chi connectivity index (χ1n) is 7.91. The van der Waals surface area contributed by atoms with Gasteiger partial charge in [-0.3, -0.25) is 9.59 Å². The lowest BCUT2D eigenvalue weighted by molar-refractivity contribution is -0.140. The Morgan fingerprint density at radius 1 is 1.19 bits per heavy atom. The second kappa shape index (κ2) is 7.78. The fraction of sp³-hybridized carbons (Fsp3) is 0.875. The molecule has 0 heterocycles. The highest BCUT2D eigenvalue weighted by Crippen LogP contribution is 2.43. The van der Waals surface area contributed by atoms with E-state index in [0.29, 0.717) is 24.9 Å². The van der Waals surface area contributed by atoms with Gasteiger partial charge in [-0.05, 0) is 38.3 Å². The summed E-state index contributed by atoms with van der Waals surface area (Å²) >= 11 is 0. The molecule has 0 saturated heterocycles. The summed E-state index contributed by atoms with van der Waals surface area (Å²) in [5, 5.41) is 12.1. The lowest BCUT2D eigenvalue weighted by Gasteiger charge is -2.30. The van der Waals surface area contributed by atoms with Crippen LogP contribution in [0.3, 0.4) is 0 Å². The smallest absolute Gasteiger partial charge is 0.303 e. The van der Waals surface area contributed by atoms with Gasteiger partial charge in [0.1, 0.15) is 0 Å². The van der Waals surface area contributed by atoms with E-state index in [1.165, 1.54) is 0 Å². The number of carbonyl (C=O) groups excluding carboxylic acids is 1. The van der Waals surface area contributed by atoms with Crippen molar-refractivity contribution < 1.29 is 14.7 Å². The summed E-state index contributed by atoms with van der Waals surface area (Å²) in [7, 11) is 4.03. The summed E-state index contributed by atoms with van der Waals surface area (Å²) in [6.45, 7) is 4.89. The molecule has 1 atom stereocenters. The van der Waals surface area contributed by atoms with Crippen LogP contribution in [-0.4, -0.2) is 48.6 Å². The third-order valence-electron chi connectivity index (χ3n) is 4.67. The number of hydrogen-bond donors (Lipinski definition) is 2. The number of carboxylic acids is 1. The van der Waals surface area contributed by atoms with Gasteiger partial charge in [-0.15, -0.1) is 0 Å². The van der Waals surface area contributed by atoms with Crippen molar-refractivity contribution in [2.45, 2.75) is 58.4 Å². The molecule has 0 aromatic rings. The molecule has 1 fully saturated rings. The average molecular weight is 298 g/mol. The topological polar surface area (TPSA) is 69.6 Å². The van der Waals surface area contributed by atoms with Crippen molar-refractivity contribution in [1.82, 2.24) is 10.2 Å². The van der Waals surface area contributed by atoms with Crippen LogP contribution < -0.4 is 5.32 Å². The Morgan fingerprint density at radius 2 is 1.76 bits per heavy atom. The van der Waals surface area contributed by atoms with E-state index in [-0.39, 0.29) is 17.7 Å². The Labute approximate surface area is 128 Å². The third kappa shape index (κ3) is 5.65. The molecule has 1 amide bonds. The number of amides is 1. The number of carboxylic acid groups (broad SMARTS) is 1. The van der Waals surface area contributed by atoms with Crippen molar-refractivity contribution >= 4 is 11.9 Å². The van der Waals surface area contributed by atoms with E-state index in [2.05, 4.69) is 24.1 Å². The van der Waals surface area contributed by atoms with Crippen LogP contribution in [-0.2, 0) is 9.59 Å². The fourth-order valence-corrected chi connectivity index (χ4v) is 3.50. The highest BCUT2D eigenvalue weighted by atomic mass is 16.4. The van der Waals surface area contributed by atoms with Gasteiger partial charge >= 0.3 is 5.97 Å². The van der Waals surface area contributed by atoms with Crippen molar-refractivity contribution in [3.05, 3.63) is 0 Å². The monoisotopic (exact) mass is 298 g/mol. The Balaban J connectivity index is 2.53. The molecule has 0 aromatic heterocycles. The number of nitrogens with zero attached hydrogens (tertiary/aromatic N) is 1. The highest BCUT2D eigenvalue weighted by Gasteiger charge is 2.38. The number of aliphatic carboxylic acids is 1. The van der Waals surface area contributed by atoms with Gasteiger partial charge in [-0.1, -0.05) is 26.7 Å². The normalized spacial score (nSPS) is 19.0. The van der Waals surface area contributed by atoms with Crippen LogP contribution in [0.25, 0.3) is 0 Å². The molecule has 0 spiro atoms. The summed E-state index contributed by atoms with van der Waals surface area (Å²) in [6, 6.07) is 0.299. The van der Waals surface area contributed by atoms with Gasteiger partial charge in [-0.25, -0.2) is 0 Å². The largest absolute Gasteiger partial charge is 0.481 e. The predicted octanol–water partition coefficient (Wildman–Crippen LogP) is 2.11. The Bertz CT molecular complexity index is 353. The second-order valence-electron chi connectivity index (χ2n) is 7.03. The van der Waals surface area contributed by atoms with Gasteiger partial charge in [0.05, 0.1) is 6.42 Å². The minimum Gasteiger partial charge on any atom is -0.481 e. The Kier molecular flexibility index (Phi) is 6.65. The lowest BCUT2D eigenvalue weighted by Crippen LogP contribution is -2.44. The van der Waals surface area contributed by atoms with Crippen LogP contribution in [0, 0.1) is 11.3 Å². The van der Waals surface area contributed by atoms with E-state index < -0.39 is 5.97 Å². The van der Waals surface area contributed by atoms with Crippen LogP contribution >= 0.6 is 0 Å². The molecule has 1 unspecified atom stereocenters. The van der Waals surface area contributed by atoms with Crippen molar-refractivity contribution in [2.24, 2.45) is 11.3 Å². The molecule has 0 aromatic carbocycles. The maximum absolute atomic E-state index is 12.2. The summed E-state index contributed by atoms with van der Waals surface area (Å²) in [5.74, 6) is -0.344. The van der Waals surface area contributed by atoms with E-state index in [9.17, 15) is 9.59 Å². The van der Waals surface area contributed by atoms with Crippen LogP contribution in [0.4, 0.5) is 0 Å². The maximum Gasteiger partial charge on any atom is 0.303 e. The number of nitrogens with one attached hydrogen (secondary N) is 1. The minimum absolute atomic E-state index is 0.00866. The lowest BCUT2D eigenvalue weighted by atomic mass is 9.79. The minimum atomic E-state index is -0.793. The first-order chi connectivity index (χ1) is 9.76. The average Bonchev–Trinajstić information content (AvgIpc) is 2.75. The van der Waals surface area contributed by atoms with E-state index in [4.69, 9.17) is 5.11 Å². The number of rotatable bonds is 8. The molecule has 21 heavy (non-hydrogen) atoms. The van der Waals surface area contributed by atoms with Gasteiger partial charge in [0, 0.05) is 19.0 Å². The molecule has 0 radical (unpaired) electrons. The van der Waals surface area contributed by atoms with Crippen molar-refractivity contribution in [2.75, 3.05) is 20.6 Å². The van der Waals surface area contributed by atoms with Crippen molar-refractivity contribution in [3.63, 3.8) is 0 Å². The number of hydrogen-bond acceptors (Lipinski definition) is 3. The van der Waals surface area contributed by atoms with Gasteiger partial charge in [0.15, 0.2) is 0 Å². The highest BCUT2D eigenvalue weighted by molar-refractivity contribution is 5.78. The molecule has 1 rings (SSSR count). The summed E-state index contributed by atoms with van der Waals surface area (Å²) in [5.41, 5.74) is -0.318. The predicted molar refractivity (Wildman–Crippen MR) is 83.1 cm³/mol. The summed E-state index contributed by atoms with van der Waals surface area (Å²) in [6.07, 6.45) is 4.24. The standard InChI is InChI=1S/C16H30N2O3/c1-12(2)13(18(3)4)11-17-14(19)9-16(10-15(20)21)7-5-6-8-16/h12-13H,5-11H2,1-4H3,(H,17,19)(H,20,21). The molecule has 1 aliphatic rings. The molecule has 0 aliphatic heterocycles. The van der Waals surface area contributed by atoms with Crippen LogP contribution in [0.2, 0.25) is 0 Å². The van der Waals surface area contributed by atoms with Crippen LogP contribution in [0.15, 0.2) is 0 Å². The van der Waals surface area contributed by atoms with Crippen molar-refractivity contribution in [1.29, 1.82) is 0 Å². The van der Waals surface area contributed by atoms with E-state index in [1.54, 1.807) is 0 Å². The third-order valence-corrected chi connectivity index (χ3v) is 4.67. The first kappa shape index (κ1) is 18.0. The molecule has 1 aliphatic carbocycles. The second-order valence-corrected chi connectivity index (χ2v) is 7.03. The molecular weight excluding hydrogens is 268 g/mol. The zero-order chi connectivity index (χ0) is 16.0. The molecular formula is C16H30N2O3. The first-order valence-corrected chi connectivity index (χ1v) is 7.91. The van der Waals surface area contributed by atoms with Crippen molar-refractivity contribution in [3.8, 4) is 0 Å².